The molecule has 0 aliphatic carbocycles. The number of ether oxygens (including phenoxy) is 1. The molecule has 1 N–H and O–H groups in total. The van der Waals surface area contributed by atoms with Gasteiger partial charge in [-0.3, -0.25) is 14.5 Å². The molecule has 0 bridgehead atoms. The molecule has 29 heavy (non-hydrogen) atoms. The standard InChI is InChI=1S/C24H32N2O3/c1-4-18-10-17(3)11-21(12-18)22-13-20(14-23(27)25-22)16-26-8-6-19(7-9-26)15-24(28)29-5-2/h10-14,19H,4-9,15-16H2,1-3H3,(H,25,27). The van der Waals surface area contributed by atoms with Crippen LogP contribution in [0.3, 0.4) is 0 Å². The molecule has 1 saturated heterocycles. The minimum Gasteiger partial charge on any atom is -0.466 e. The number of nitrogens with zero attached hydrogens (tertiary/aromatic N) is 1. The number of likely N-dealkylation sites (tertiary alicyclic amines) is 1. The molecule has 0 unspecified atom stereocenters. The molecule has 1 aliphatic heterocycles. The van der Waals surface area contributed by atoms with Crippen LogP contribution < -0.4 is 5.56 Å². The van der Waals surface area contributed by atoms with Gasteiger partial charge >= 0.3 is 5.97 Å². The van der Waals surface area contributed by atoms with E-state index < -0.39 is 0 Å². The van der Waals surface area contributed by atoms with Crippen LogP contribution in [0.25, 0.3) is 11.3 Å². The molecular formula is C24H32N2O3. The molecule has 0 spiro atoms. The molecule has 2 aromatic rings. The van der Waals surface area contributed by atoms with Crippen LogP contribution in [0.15, 0.2) is 35.1 Å². The average molecular weight is 397 g/mol. The molecule has 1 aromatic heterocycles. The van der Waals surface area contributed by atoms with Crippen LogP contribution in [0.1, 0.15) is 49.8 Å². The number of carbonyl (C=O) groups excluding carboxylic acids is 1. The van der Waals surface area contributed by atoms with Crippen molar-refractivity contribution in [1.29, 1.82) is 0 Å². The molecule has 1 aliphatic rings. The van der Waals surface area contributed by atoms with Crippen LogP contribution >= 0.6 is 0 Å². The summed E-state index contributed by atoms with van der Waals surface area (Å²) in [7, 11) is 0. The van der Waals surface area contributed by atoms with Gasteiger partial charge in [0.25, 0.3) is 0 Å². The second-order valence-corrected chi connectivity index (χ2v) is 8.06. The van der Waals surface area contributed by atoms with Gasteiger partial charge in [-0.05, 0) is 87.0 Å². The lowest BCUT2D eigenvalue weighted by atomic mass is 9.93. The molecule has 0 amide bonds. The van der Waals surface area contributed by atoms with Gasteiger partial charge in [-0.2, -0.15) is 0 Å². The fourth-order valence-corrected chi connectivity index (χ4v) is 4.13. The van der Waals surface area contributed by atoms with Crippen LogP contribution in [-0.4, -0.2) is 35.5 Å². The summed E-state index contributed by atoms with van der Waals surface area (Å²) in [5.41, 5.74) is 5.39. The number of hydrogen-bond donors (Lipinski definition) is 1. The fraction of sp³-hybridized carbons (Fsp3) is 0.500. The van der Waals surface area contributed by atoms with Crippen molar-refractivity contribution in [2.45, 2.75) is 53.0 Å². The van der Waals surface area contributed by atoms with Crippen molar-refractivity contribution in [2.24, 2.45) is 5.92 Å². The smallest absolute Gasteiger partial charge is 0.306 e. The van der Waals surface area contributed by atoms with Crippen LogP contribution in [0.5, 0.6) is 0 Å². The van der Waals surface area contributed by atoms with Crippen molar-refractivity contribution < 1.29 is 9.53 Å². The first-order valence-corrected chi connectivity index (χ1v) is 10.7. The zero-order valence-electron chi connectivity index (χ0n) is 17.8. The lowest BCUT2D eigenvalue weighted by Crippen LogP contribution is -2.34. The Morgan fingerprint density at radius 1 is 1.10 bits per heavy atom. The van der Waals surface area contributed by atoms with Gasteiger partial charge in [-0.25, -0.2) is 0 Å². The van der Waals surface area contributed by atoms with Gasteiger partial charge in [-0.1, -0.05) is 18.6 Å². The zero-order chi connectivity index (χ0) is 20.8. The third-order valence-electron chi connectivity index (χ3n) is 5.63. The molecule has 5 heteroatoms. The predicted molar refractivity (Wildman–Crippen MR) is 116 cm³/mol. The van der Waals surface area contributed by atoms with Gasteiger partial charge < -0.3 is 9.72 Å². The van der Waals surface area contributed by atoms with Crippen molar-refractivity contribution in [2.75, 3.05) is 19.7 Å². The first-order chi connectivity index (χ1) is 14.0. The summed E-state index contributed by atoms with van der Waals surface area (Å²) in [5, 5.41) is 0. The predicted octanol–water partition coefficient (Wildman–Crippen LogP) is 4.08. The van der Waals surface area contributed by atoms with Gasteiger partial charge in [0, 0.05) is 24.7 Å². The summed E-state index contributed by atoms with van der Waals surface area (Å²) < 4.78 is 5.07. The van der Waals surface area contributed by atoms with E-state index in [0.717, 1.165) is 55.7 Å². The van der Waals surface area contributed by atoms with Gasteiger partial charge in [0.2, 0.25) is 5.56 Å². The van der Waals surface area contributed by atoms with Crippen LogP contribution in [0.4, 0.5) is 0 Å². The van der Waals surface area contributed by atoms with E-state index in [1.165, 1.54) is 11.1 Å². The van der Waals surface area contributed by atoms with E-state index in [4.69, 9.17) is 4.74 Å². The largest absolute Gasteiger partial charge is 0.466 e. The van der Waals surface area contributed by atoms with Crippen LogP contribution in [0.2, 0.25) is 0 Å². The number of aromatic amines is 1. The van der Waals surface area contributed by atoms with E-state index in [1.807, 2.05) is 6.92 Å². The molecule has 0 saturated carbocycles. The van der Waals surface area contributed by atoms with Crippen LogP contribution in [-0.2, 0) is 22.5 Å². The maximum Gasteiger partial charge on any atom is 0.306 e. The molecule has 0 atom stereocenters. The monoisotopic (exact) mass is 396 g/mol. The number of esters is 1. The summed E-state index contributed by atoms with van der Waals surface area (Å²) in [6.45, 7) is 9.16. The van der Waals surface area contributed by atoms with E-state index in [1.54, 1.807) is 6.07 Å². The summed E-state index contributed by atoms with van der Waals surface area (Å²) in [6.07, 6.45) is 3.47. The Kier molecular flexibility index (Phi) is 7.26. The SMILES string of the molecule is CCOC(=O)CC1CCN(Cc2cc(-c3cc(C)cc(CC)c3)[nH]c(=O)c2)CC1. The number of piperidine rings is 1. The van der Waals surface area contributed by atoms with E-state index >= 15 is 0 Å². The topological polar surface area (TPSA) is 62.4 Å². The van der Waals surface area contributed by atoms with Crippen molar-refractivity contribution >= 4 is 5.97 Å². The number of aromatic nitrogens is 1. The average Bonchev–Trinajstić information content (AvgIpc) is 2.68. The molecule has 1 aromatic carbocycles. The molecular weight excluding hydrogens is 364 g/mol. The van der Waals surface area contributed by atoms with Gasteiger partial charge in [0.1, 0.15) is 0 Å². The van der Waals surface area contributed by atoms with Gasteiger partial charge in [0.05, 0.1) is 6.61 Å². The number of nitrogens with one attached hydrogen (secondary N) is 1. The van der Waals surface area contributed by atoms with Crippen LogP contribution in [0, 0.1) is 12.8 Å². The maximum absolute atomic E-state index is 12.3. The number of hydrogen-bond acceptors (Lipinski definition) is 4. The van der Waals surface area contributed by atoms with Crippen molar-refractivity contribution in [1.82, 2.24) is 9.88 Å². The normalized spacial score (nSPS) is 15.4. The number of benzene rings is 1. The Morgan fingerprint density at radius 2 is 1.86 bits per heavy atom. The summed E-state index contributed by atoms with van der Waals surface area (Å²) >= 11 is 0. The number of rotatable bonds is 7. The lowest BCUT2D eigenvalue weighted by Gasteiger charge is -2.31. The molecule has 5 nitrogen and oxygen atoms in total. The third-order valence-corrected chi connectivity index (χ3v) is 5.63. The zero-order valence-corrected chi connectivity index (χ0v) is 17.8. The van der Waals surface area contributed by atoms with E-state index in [0.29, 0.717) is 18.9 Å². The first kappa shape index (κ1) is 21.3. The molecule has 1 fully saturated rings. The number of pyridine rings is 1. The fourth-order valence-electron chi connectivity index (χ4n) is 4.13. The first-order valence-electron chi connectivity index (χ1n) is 10.7. The Labute approximate surface area is 173 Å². The Balaban J connectivity index is 1.66. The maximum atomic E-state index is 12.3. The lowest BCUT2D eigenvalue weighted by molar-refractivity contribution is -0.144. The molecule has 0 radical (unpaired) electrons. The highest BCUT2D eigenvalue weighted by molar-refractivity contribution is 5.69. The number of carbonyl (C=O) groups is 1. The van der Waals surface area contributed by atoms with E-state index in [2.05, 4.69) is 48.0 Å². The van der Waals surface area contributed by atoms with Gasteiger partial charge in [-0.15, -0.1) is 0 Å². The summed E-state index contributed by atoms with van der Waals surface area (Å²) in [5.74, 6) is 0.314. The molecule has 156 valence electrons. The Morgan fingerprint density at radius 3 is 2.55 bits per heavy atom. The minimum absolute atomic E-state index is 0.0609. The molecule has 2 heterocycles. The summed E-state index contributed by atoms with van der Waals surface area (Å²) in [6, 6.07) is 10.3. The van der Waals surface area contributed by atoms with Crippen molar-refractivity contribution in [3.05, 3.63) is 57.4 Å². The van der Waals surface area contributed by atoms with Gasteiger partial charge in [0.15, 0.2) is 0 Å². The Hall–Kier alpha value is -2.40. The highest BCUT2D eigenvalue weighted by atomic mass is 16.5. The minimum atomic E-state index is -0.0882. The number of H-pyrrole nitrogens is 1. The Bertz CT molecular complexity index is 895. The second kappa shape index (κ2) is 9.88. The molecule has 3 rings (SSSR count). The van der Waals surface area contributed by atoms with E-state index in [-0.39, 0.29) is 11.5 Å². The highest BCUT2D eigenvalue weighted by Gasteiger charge is 2.22. The van der Waals surface area contributed by atoms with Crippen molar-refractivity contribution in [3.63, 3.8) is 0 Å². The van der Waals surface area contributed by atoms with E-state index in [9.17, 15) is 9.59 Å². The second-order valence-electron chi connectivity index (χ2n) is 8.06. The highest BCUT2D eigenvalue weighted by Crippen LogP contribution is 2.24. The summed E-state index contributed by atoms with van der Waals surface area (Å²) in [4.78, 5) is 29.3. The van der Waals surface area contributed by atoms with Crippen molar-refractivity contribution in [3.8, 4) is 11.3 Å². The quantitative estimate of drug-likeness (QED) is 0.717. The third kappa shape index (κ3) is 6.04. The number of aryl methyl sites for hydroxylation is 2.